The molecule has 1 aromatic heterocycles. The van der Waals surface area contributed by atoms with Gasteiger partial charge in [0.2, 0.25) is 5.91 Å². The fraction of sp³-hybridized carbons (Fsp3) is 0.438. The molecule has 0 saturated heterocycles. The average molecular weight is 348 g/mol. The molecule has 0 atom stereocenters. The number of aromatic nitrogens is 3. The standard InChI is InChI=1S/C16H20N4O3S/c21-16(17-5-1-7-20-8-6-18-19-20)4-11-24-13-2-3-14-15(12-13)23-10-9-22-14/h2-3,6,8,12H,1,4-5,7,9-11H2,(H,17,21). The van der Waals surface area contributed by atoms with E-state index in [-0.39, 0.29) is 5.91 Å². The Bertz CT molecular complexity index is 663. The van der Waals surface area contributed by atoms with Crippen LogP contribution in [0.4, 0.5) is 0 Å². The highest BCUT2D eigenvalue weighted by atomic mass is 32.2. The van der Waals surface area contributed by atoms with Crippen molar-refractivity contribution < 1.29 is 14.3 Å². The average Bonchev–Trinajstić information content (AvgIpc) is 3.12. The zero-order valence-electron chi connectivity index (χ0n) is 13.3. The second-order valence-corrected chi connectivity index (χ2v) is 6.44. The number of fused-ring (bicyclic) bond motifs is 1. The maximum absolute atomic E-state index is 11.8. The van der Waals surface area contributed by atoms with Crippen molar-refractivity contribution in [2.75, 3.05) is 25.5 Å². The Kier molecular flexibility index (Phi) is 5.95. The summed E-state index contributed by atoms with van der Waals surface area (Å²) < 4.78 is 12.8. The van der Waals surface area contributed by atoms with E-state index in [0.29, 0.717) is 26.2 Å². The lowest BCUT2D eigenvalue weighted by Crippen LogP contribution is -2.25. The van der Waals surface area contributed by atoms with Crippen LogP contribution in [-0.4, -0.2) is 46.4 Å². The lowest BCUT2D eigenvalue weighted by atomic mass is 10.3. The summed E-state index contributed by atoms with van der Waals surface area (Å²) in [5, 5.41) is 10.5. The van der Waals surface area contributed by atoms with Gasteiger partial charge in [-0.25, -0.2) is 0 Å². The summed E-state index contributed by atoms with van der Waals surface area (Å²) in [4.78, 5) is 12.9. The molecule has 1 aliphatic rings. The molecule has 2 heterocycles. The molecule has 1 N–H and O–H groups in total. The first kappa shape index (κ1) is 16.6. The van der Waals surface area contributed by atoms with Crippen LogP contribution in [0.5, 0.6) is 11.5 Å². The molecule has 0 bridgehead atoms. The highest BCUT2D eigenvalue weighted by molar-refractivity contribution is 7.99. The SMILES string of the molecule is O=C(CCSc1ccc2c(c1)OCCO2)NCCCn1ccnn1. The fourth-order valence-electron chi connectivity index (χ4n) is 2.28. The van der Waals surface area contributed by atoms with E-state index in [1.165, 1.54) is 0 Å². The smallest absolute Gasteiger partial charge is 0.220 e. The number of amides is 1. The molecule has 8 heteroatoms. The maximum atomic E-state index is 11.8. The molecule has 2 aromatic rings. The van der Waals surface area contributed by atoms with Crippen LogP contribution in [0.15, 0.2) is 35.5 Å². The van der Waals surface area contributed by atoms with Gasteiger partial charge >= 0.3 is 0 Å². The van der Waals surface area contributed by atoms with Crippen LogP contribution in [0.3, 0.4) is 0 Å². The van der Waals surface area contributed by atoms with Crippen molar-refractivity contribution in [3.05, 3.63) is 30.6 Å². The van der Waals surface area contributed by atoms with Crippen molar-refractivity contribution in [2.24, 2.45) is 0 Å². The van der Waals surface area contributed by atoms with E-state index in [4.69, 9.17) is 9.47 Å². The van der Waals surface area contributed by atoms with Crippen LogP contribution in [0.25, 0.3) is 0 Å². The second kappa shape index (κ2) is 8.58. The number of rotatable bonds is 8. The lowest BCUT2D eigenvalue weighted by molar-refractivity contribution is -0.120. The van der Waals surface area contributed by atoms with E-state index in [9.17, 15) is 4.79 Å². The Morgan fingerprint density at radius 3 is 3.00 bits per heavy atom. The number of hydrogen-bond donors (Lipinski definition) is 1. The van der Waals surface area contributed by atoms with Gasteiger partial charge < -0.3 is 14.8 Å². The van der Waals surface area contributed by atoms with Crippen LogP contribution < -0.4 is 14.8 Å². The van der Waals surface area contributed by atoms with Gasteiger partial charge in [-0.05, 0) is 24.6 Å². The molecule has 1 aromatic carbocycles. The summed E-state index contributed by atoms with van der Waals surface area (Å²) in [6, 6.07) is 5.88. The van der Waals surface area contributed by atoms with Crippen molar-refractivity contribution in [3.63, 3.8) is 0 Å². The normalized spacial score (nSPS) is 12.8. The van der Waals surface area contributed by atoms with Gasteiger partial charge in [0.1, 0.15) is 13.2 Å². The van der Waals surface area contributed by atoms with Crippen LogP contribution >= 0.6 is 11.8 Å². The Labute approximate surface area is 144 Å². The van der Waals surface area contributed by atoms with Crippen LogP contribution in [0.2, 0.25) is 0 Å². The minimum Gasteiger partial charge on any atom is -0.486 e. The van der Waals surface area contributed by atoms with Crippen LogP contribution in [0, 0.1) is 0 Å². The first-order valence-electron chi connectivity index (χ1n) is 7.94. The molecular weight excluding hydrogens is 328 g/mol. The van der Waals surface area contributed by atoms with Gasteiger partial charge in [0.15, 0.2) is 11.5 Å². The number of nitrogens with one attached hydrogen (secondary N) is 1. The highest BCUT2D eigenvalue weighted by Gasteiger charge is 2.12. The van der Waals surface area contributed by atoms with Crippen molar-refractivity contribution in [2.45, 2.75) is 24.3 Å². The van der Waals surface area contributed by atoms with Crippen molar-refractivity contribution in [1.82, 2.24) is 20.3 Å². The molecule has 0 fully saturated rings. The zero-order chi connectivity index (χ0) is 16.6. The summed E-state index contributed by atoms with van der Waals surface area (Å²) >= 11 is 1.64. The number of thioether (sulfide) groups is 1. The predicted molar refractivity (Wildman–Crippen MR) is 90.4 cm³/mol. The molecular formula is C16H20N4O3S. The summed E-state index contributed by atoms with van der Waals surface area (Å²) in [7, 11) is 0. The summed E-state index contributed by atoms with van der Waals surface area (Å²) in [5.74, 6) is 2.37. The fourth-order valence-corrected chi connectivity index (χ4v) is 3.16. The van der Waals surface area contributed by atoms with E-state index < -0.39 is 0 Å². The van der Waals surface area contributed by atoms with Crippen LogP contribution in [0.1, 0.15) is 12.8 Å². The molecule has 0 radical (unpaired) electrons. The summed E-state index contributed by atoms with van der Waals surface area (Å²) in [5.41, 5.74) is 0. The Hall–Kier alpha value is -2.22. The molecule has 0 unspecified atom stereocenters. The Morgan fingerprint density at radius 2 is 2.17 bits per heavy atom. The number of carbonyl (C=O) groups excluding carboxylic acids is 1. The van der Waals surface area contributed by atoms with Gasteiger partial charge in [0.05, 0.1) is 6.20 Å². The topological polar surface area (TPSA) is 78.3 Å². The van der Waals surface area contributed by atoms with Crippen molar-refractivity contribution >= 4 is 17.7 Å². The minimum atomic E-state index is 0.0682. The number of benzene rings is 1. The number of carbonyl (C=O) groups is 1. The molecule has 1 amide bonds. The second-order valence-electron chi connectivity index (χ2n) is 5.27. The van der Waals surface area contributed by atoms with Gasteiger partial charge in [-0.3, -0.25) is 9.48 Å². The van der Waals surface area contributed by atoms with Gasteiger partial charge in [-0.15, -0.1) is 16.9 Å². The van der Waals surface area contributed by atoms with Crippen molar-refractivity contribution in [3.8, 4) is 11.5 Å². The van der Waals surface area contributed by atoms with E-state index in [1.807, 2.05) is 24.4 Å². The third-order valence-electron chi connectivity index (χ3n) is 3.47. The quantitative estimate of drug-likeness (QED) is 0.578. The molecule has 0 spiro atoms. The molecule has 3 rings (SSSR count). The third-order valence-corrected chi connectivity index (χ3v) is 4.47. The van der Waals surface area contributed by atoms with Gasteiger partial charge in [-0.1, -0.05) is 5.21 Å². The predicted octanol–water partition coefficient (Wildman–Crippen LogP) is 1.74. The van der Waals surface area contributed by atoms with E-state index in [1.54, 1.807) is 22.6 Å². The maximum Gasteiger partial charge on any atom is 0.220 e. The molecule has 7 nitrogen and oxygen atoms in total. The monoisotopic (exact) mass is 348 g/mol. The third kappa shape index (κ3) is 4.89. The lowest BCUT2D eigenvalue weighted by Gasteiger charge is -2.18. The number of ether oxygens (including phenoxy) is 2. The number of nitrogens with zero attached hydrogens (tertiary/aromatic N) is 3. The Morgan fingerprint density at radius 1 is 1.29 bits per heavy atom. The molecule has 128 valence electrons. The van der Waals surface area contributed by atoms with Gasteiger partial charge in [0, 0.05) is 36.4 Å². The summed E-state index contributed by atoms with van der Waals surface area (Å²) in [6.45, 7) is 2.58. The minimum absolute atomic E-state index is 0.0682. The largest absolute Gasteiger partial charge is 0.486 e. The van der Waals surface area contributed by atoms with Gasteiger partial charge in [0.25, 0.3) is 0 Å². The first-order valence-corrected chi connectivity index (χ1v) is 8.93. The van der Waals surface area contributed by atoms with E-state index in [2.05, 4.69) is 15.6 Å². The molecule has 0 saturated carbocycles. The molecule has 1 aliphatic heterocycles. The Balaban J connectivity index is 1.31. The number of aryl methyl sites for hydroxylation is 1. The van der Waals surface area contributed by atoms with Gasteiger partial charge in [-0.2, -0.15) is 0 Å². The summed E-state index contributed by atoms with van der Waals surface area (Å²) in [6.07, 6.45) is 4.78. The van der Waals surface area contributed by atoms with E-state index >= 15 is 0 Å². The first-order chi connectivity index (χ1) is 11.8. The molecule has 24 heavy (non-hydrogen) atoms. The van der Waals surface area contributed by atoms with Crippen LogP contribution in [-0.2, 0) is 11.3 Å². The highest BCUT2D eigenvalue weighted by Crippen LogP contribution is 2.34. The number of hydrogen-bond acceptors (Lipinski definition) is 6. The zero-order valence-corrected chi connectivity index (χ0v) is 14.1. The van der Waals surface area contributed by atoms with E-state index in [0.717, 1.165) is 35.1 Å². The van der Waals surface area contributed by atoms with Crippen molar-refractivity contribution in [1.29, 1.82) is 0 Å². The molecule has 0 aliphatic carbocycles.